The quantitative estimate of drug-likeness (QED) is 0.752. The predicted octanol–water partition coefficient (Wildman–Crippen LogP) is 2.42. The standard InChI is InChI=1S/C13H23NO3/c1-10-6-5-7-11(2)14(10)12(15)8-3-4-9-13(16)17/h10-11H,3-9H2,1-2H3,(H,16,17)/t10-,11+. The summed E-state index contributed by atoms with van der Waals surface area (Å²) in [6, 6.07) is 0.677. The van der Waals surface area contributed by atoms with Crippen LogP contribution in [0.3, 0.4) is 0 Å². The van der Waals surface area contributed by atoms with Crippen molar-refractivity contribution in [2.75, 3.05) is 0 Å². The number of amides is 1. The van der Waals surface area contributed by atoms with Crippen LogP contribution in [0.2, 0.25) is 0 Å². The molecule has 0 radical (unpaired) electrons. The summed E-state index contributed by atoms with van der Waals surface area (Å²) in [4.78, 5) is 24.4. The lowest BCUT2D eigenvalue weighted by Gasteiger charge is -2.39. The van der Waals surface area contributed by atoms with E-state index < -0.39 is 5.97 Å². The Hall–Kier alpha value is -1.06. The molecule has 0 spiro atoms. The first kappa shape index (κ1) is 14.0. The second kappa shape index (κ2) is 6.62. The number of nitrogens with zero attached hydrogens (tertiary/aromatic N) is 1. The van der Waals surface area contributed by atoms with E-state index in [2.05, 4.69) is 13.8 Å². The van der Waals surface area contributed by atoms with E-state index in [4.69, 9.17) is 5.11 Å². The van der Waals surface area contributed by atoms with Crippen molar-refractivity contribution in [2.45, 2.75) is 70.9 Å². The van der Waals surface area contributed by atoms with Gasteiger partial charge in [0.05, 0.1) is 0 Å². The Morgan fingerprint density at radius 2 is 1.65 bits per heavy atom. The Labute approximate surface area is 103 Å². The third-order valence-corrected chi connectivity index (χ3v) is 3.51. The van der Waals surface area contributed by atoms with Crippen molar-refractivity contribution in [3.05, 3.63) is 0 Å². The second-order valence-electron chi connectivity index (χ2n) is 5.03. The first-order valence-corrected chi connectivity index (χ1v) is 6.55. The third-order valence-electron chi connectivity index (χ3n) is 3.51. The second-order valence-corrected chi connectivity index (χ2v) is 5.03. The van der Waals surface area contributed by atoms with Gasteiger partial charge in [-0.15, -0.1) is 0 Å². The monoisotopic (exact) mass is 241 g/mol. The number of likely N-dealkylation sites (tertiary alicyclic amines) is 1. The molecule has 1 aliphatic rings. The maximum atomic E-state index is 12.0. The van der Waals surface area contributed by atoms with Crippen LogP contribution in [-0.2, 0) is 9.59 Å². The van der Waals surface area contributed by atoms with Gasteiger partial charge in [-0.3, -0.25) is 9.59 Å². The number of carbonyl (C=O) groups is 2. The fourth-order valence-corrected chi connectivity index (χ4v) is 2.59. The fraction of sp³-hybridized carbons (Fsp3) is 0.846. The van der Waals surface area contributed by atoms with Crippen LogP contribution in [-0.4, -0.2) is 34.0 Å². The number of carbonyl (C=O) groups excluding carboxylic acids is 1. The molecule has 0 unspecified atom stereocenters. The molecule has 1 rings (SSSR count). The highest BCUT2D eigenvalue weighted by molar-refractivity contribution is 5.77. The van der Waals surface area contributed by atoms with Crippen molar-refractivity contribution in [2.24, 2.45) is 0 Å². The molecule has 0 bridgehead atoms. The molecule has 0 saturated carbocycles. The van der Waals surface area contributed by atoms with Gasteiger partial charge in [0.1, 0.15) is 0 Å². The minimum atomic E-state index is -0.780. The van der Waals surface area contributed by atoms with Crippen molar-refractivity contribution < 1.29 is 14.7 Å². The van der Waals surface area contributed by atoms with E-state index in [0.717, 1.165) is 12.8 Å². The van der Waals surface area contributed by atoms with Gasteiger partial charge in [-0.05, 0) is 46.0 Å². The molecule has 1 heterocycles. The van der Waals surface area contributed by atoms with Crippen LogP contribution in [0.4, 0.5) is 0 Å². The molecule has 0 aliphatic carbocycles. The number of carboxylic acid groups (broad SMARTS) is 1. The van der Waals surface area contributed by atoms with Crippen LogP contribution in [0.5, 0.6) is 0 Å². The lowest BCUT2D eigenvalue weighted by molar-refractivity contribution is -0.139. The summed E-state index contributed by atoms with van der Waals surface area (Å²) >= 11 is 0. The van der Waals surface area contributed by atoms with E-state index in [9.17, 15) is 9.59 Å². The van der Waals surface area contributed by atoms with Crippen molar-refractivity contribution >= 4 is 11.9 Å². The maximum Gasteiger partial charge on any atom is 0.303 e. The summed E-state index contributed by atoms with van der Waals surface area (Å²) < 4.78 is 0. The molecular formula is C13H23NO3. The largest absolute Gasteiger partial charge is 0.481 e. The van der Waals surface area contributed by atoms with Gasteiger partial charge in [-0.2, -0.15) is 0 Å². The normalized spacial score (nSPS) is 24.7. The minimum Gasteiger partial charge on any atom is -0.481 e. The Morgan fingerprint density at radius 1 is 1.12 bits per heavy atom. The highest BCUT2D eigenvalue weighted by atomic mass is 16.4. The lowest BCUT2D eigenvalue weighted by atomic mass is 9.96. The molecule has 2 atom stereocenters. The summed E-state index contributed by atoms with van der Waals surface area (Å²) in [6.45, 7) is 4.20. The molecule has 1 aliphatic heterocycles. The molecule has 98 valence electrons. The zero-order valence-electron chi connectivity index (χ0n) is 10.8. The van der Waals surface area contributed by atoms with E-state index in [1.807, 2.05) is 4.90 Å². The van der Waals surface area contributed by atoms with E-state index in [-0.39, 0.29) is 12.3 Å². The summed E-state index contributed by atoms with van der Waals surface area (Å²) in [5, 5.41) is 8.52. The lowest BCUT2D eigenvalue weighted by Crippen LogP contribution is -2.47. The van der Waals surface area contributed by atoms with Crippen LogP contribution in [0.15, 0.2) is 0 Å². The number of rotatable bonds is 5. The van der Waals surface area contributed by atoms with Gasteiger partial charge in [0.25, 0.3) is 0 Å². The number of hydrogen-bond acceptors (Lipinski definition) is 2. The van der Waals surface area contributed by atoms with Gasteiger partial charge in [-0.1, -0.05) is 0 Å². The molecule has 0 aromatic heterocycles. The summed E-state index contributed by atoms with van der Waals surface area (Å²) in [6.07, 6.45) is 5.31. The first-order chi connectivity index (χ1) is 8.02. The summed E-state index contributed by atoms with van der Waals surface area (Å²) in [5.74, 6) is -0.591. The molecule has 1 amide bonds. The Balaban J connectivity index is 2.32. The van der Waals surface area contributed by atoms with Crippen LogP contribution in [0, 0.1) is 0 Å². The van der Waals surface area contributed by atoms with Gasteiger partial charge < -0.3 is 10.0 Å². The fourth-order valence-electron chi connectivity index (χ4n) is 2.59. The molecular weight excluding hydrogens is 218 g/mol. The molecule has 17 heavy (non-hydrogen) atoms. The molecule has 0 aromatic rings. The van der Waals surface area contributed by atoms with E-state index in [1.54, 1.807) is 0 Å². The van der Waals surface area contributed by atoms with E-state index in [0.29, 0.717) is 31.3 Å². The van der Waals surface area contributed by atoms with Gasteiger partial charge in [0.15, 0.2) is 0 Å². The maximum absolute atomic E-state index is 12.0. The van der Waals surface area contributed by atoms with Crippen LogP contribution in [0.1, 0.15) is 58.8 Å². The van der Waals surface area contributed by atoms with Crippen molar-refractivity contribution in [3.63, 3.8) is 0 Å². The zero-order valence-corrected chi connectivity index (χ0v) is 10.8. The number of carboxylic acids is 1. The summed E-state index contributed by atoms with van der Waals surface area (Å²) in [7, 11) is 0. The van der Waals surface area contributed by atoms with Crippen molar-refractivity contribution in [3.8, 4) is 0 Å². The topological polar surface area (TPSA) is 57.6 Å². The zero-order chi connectivity index (χ0) is 12.8. The predicted molar refractivity (Wildman–Crippen MR) is 65.7 cm³/mol. The van der Waals surface area contributed by atoms with Gasteiger partial charge in [-0.25, -0.2) is 0 Å². The molecule has 1 saturated heterocycles. The highest BCUT2D eigenvalue weighted by Gasteiger charge is 2.28. The van der Waals surface area contributed by atoms with Crippen LogP contribution >= 0.6 is 0 Å². The summed E-state index contributed by atoms with van der Waals surface area (Å²) in [5.41, 5.74) is 0. The smallest absolute Gasteiger partial charge is 0.303 e. The average molecular weight is 241 g/mol. The highest BCUT2D eigenvalue weighted by Crippen LogP contribution is 2.23. The first-order valence-electron chi connectivity index (χ1n) is 6.55. The molecule has 1 N–H and O–H groups in total. The van der Waals surface area contributed by atoms with E-state index >= 15 is 0 Å². The number of unbranched alkanes of at least 4 members (excludes halogenated alkanes) is 1. The Kier molecular flexibility index (Phi) is 5.45. The van der Waals surface area contributed by atoms with Crippen LogP contribution < -0.4 is 0 Å². The van der Waals surface area contributed by atoms with E-state index in [1.165, 1.54) is 6.42 Å². The molecule has 4 nitrogen and oxygen atoms in total. The molecule has 0 aromatic carbocycles. The van der Waals surface area contributed by atoms with Crippen LogP contribution in [0.25, 0.3) is 0 Å². The Morgan fingerprint density at radius 3 is 2.18 bits per heavy atom. The van der Waals surface area contributed by atoms with Gasteiger partial charge in [0.2, 0.25) is 5.91 Å². The SMILES string of the molecule is C[C@@H]1CCC[C@H](C)N1C(=O)CCCCC(=O)O. The number of aliphatic carboxylic acids is 1. The molecule has 4 heteroatoms. The van der Waals surface area contributed by atoms with Gasteiger partial charge in [0, 0.05) is 24.9 Å². The van der Waals surface area contributed by atoms with Crippen molar-refractivity contribution in [1.29, 1.82) is 0 Å². The van der Waals surface area contributed by atoms with Crippen molar-refractivity contribution in [1.82, 2.24) is 4.90 Å². The number of piperidine rings is 1. The van der Waals surface area contributed by atoms with Gasteiger partial charge >= 0.3 is 5.97 Å². The third kappa shape index (κ3) is 4.36. The number of hydrogen-bond donors (Lipinski definition) is 1. The average Bonchev–Trinajstić information content (AvgIpc) is 2.24. The Bertz CT molecular complexity index is 268. The molecule has 1 fully saturated rings. The minimum absolute atomic E-state index is 0.165.